The topological polar surface area (TPSA) is 106 Å². The van der Waals surface area contributed by atoms with Crippen molar-refractivity contribution in [1.29, 1.82) is 0 Å². The molecule has 2 amide bonds. The third-order valence-electron chi connectivity index (χ3n) is 4.86. The fourth-order valence-electron chi connectivity index (χ4n) is 3.00. The quantitative estimate of drug-likeness (QED) is 0.201. The maximum atomic E-state index is 12.3. The van der Waals surface area contributed by atoms with Crippen molar-refractivity contribution >= 4 is 24.0 Å². The van der Waals surface area contributed by atoms with Crippen LogP contribution < -0.4 is 20.2 Å². The summed E-state index contributed by atoms with van der Waals surface area (Å²) in [6.45, 7) is 4.26. The fraction of sp³-hybridized carbons (Fsp3) is 0.185. The van der Waals surface area contributed by atoms with Crippen molar-refractivity contribution in [1.82, 2.24) is 10.7 Å². The van der Waals surface area contributed by atoms with Gasteiger partial charge in [0.25, 0.3) is 11.8 Å². The van der Waals surface area contributed by atoms with Gasteiger partial charge in [-0.05, 0) is 79.1 Å². The number of esters is 1. The molecular weight excluding hydrogens is 446 g/mol. The average Bonchev–Trinajstić information content (AvgIpc) is 2.87. The molecule has 3 aromatic rings. The Hall–Kier alpha value is -4.46. The monoisotopic (exact) mass is 473 g/mol. The van der Waals surface area contributed by atoms with Crippen LogP contribution in [0, 0.1) is 6.92 Å². The van der Waals surface area contributed by atoms with E-state index in [0.29, 0.717) is 34.8 Å². The van der Waals surface area contributed by atoms with Crippen molar-refractivity contribution in [3.8, 4) is 11.5 Å². The van der Waals surface area contributed by atoms with Crippen LogP contribution >= 0.6 is 0 Å². The second kappa shape index (κ2) is 12.7. The van der Waals surface area contributed by atoms with Crippen LogP contribution in [0.5, 0.6) is 11.5 Å². The van der Waals surface area contributed by atoms with Gasteiger partial charge in [0.15, 0.2) is 0 Å². The molecule has 0 radical (unpaired) electrons. The molecule has 0 saturated heterocycles. The Kier molecular flexibility index (Phi) is 9.13. The molecule has 0 aliphatic heterocycles. The molecule has 0 aliphatic rings. The molecule has 3 rings (SSSR count). The SMILES string of the molecule is CCCOc1ccc(C(=O)Oc2ccc(/C=N/NC(=O)CNC(=O)c3ccccc3C)cc2)cc1. The number of rotatable bonds is 10. The van der Waals surface area contributed by atoms with Gasteiger partial charge in [0, 0.05) is 5.56 Å². The Morgan fingerprint density at radius 2 is 1.60 bits per heavy atom. The van der Waals surface area contributed by atoms with E-state index < -0.39 is 11.9 Å². The first kappa shape index (κ1) is 25.2. The van der Waals surface area contributed by atoms with Gasteiger partial charge in [0.05, 0.1) is 24.9 Å². The smallest absolute Gasteiger partial charge is 0.343 e. The number of carbonyl (C=O) groups is 3. The predicted octanol–water partition coefficient (Wildman–Crippen LogP) is 3.88. The van der Waals surface area contributed by atoms with Gasteiger partial charge in [-0.3, -0.25) is 9.59 Å². The van der Waals surface area contributed by atoms with Crippen molar-refractivity contribution in [3.05, 3.63) is 95.1 Å². The van der Waals surface area contributed by atoms with Crippen molar-refractivity contribution in [2.45, 2.75) is 20.3 Å². The summed E-state index contributed by atoms with van der Waals surface area (Å²) < 4.78 is 10.9. The Morgan fingerprint density at radius 1 is 0.914 bits per heavy atom. The number of hydrogen-bond donors (Lipinski definition) is 2. The van der Waals surface area contributed by atoms with E-state index in [1.807, 2.05) is 26.0 Å². The van der Waals surface area contributed by atoms with Crippen LogP contribution in [-0.2, 0) is 4.79 Å². The second-order valence-electron chi connectivity index (χ2n) is 7.62. The zero-order chi connectivity index (χ0) is 25.0. The van der Waals surface area contributed by atoms with E-state index in [2.05, 4.69) is 15.8 Å². The molecule has 0 unspecified atom stereocenters. The van der Waals surface area contributed by atoms with E-state index >= 15 is 0 Å². The fourth-order valence-corrected chi connectivity index (χ4v) is 3.00. The first-order valence-electron chi connectivity index (χ1n) is 11.2. The van der Waals surface area contributed by atoms with E-state index in [4.69, 9.17) is 9.47 Å². The molecule has 3 aromatic carbocycles. The van der Waals surface area contributed by atoms with E-state index in [0.717, 1.165) is 12.0 Å². The lowest BCUT2D eigenvalue weighted by atomic mass is 10.1. The lowest BCUT2D eigenvalue weighted by molar-refractivity contribution is -0.120. The van der Waals surface area contributed by atoms with Crippen LogP contribution in [0.15, 0.2) is 77.9 Å². The zero-order valence-electron chi connectivity index (χ0n) is 19.6. The molecule has 8 heteroatoms. The molecule has 35 heavy (non-hydrogen) atoms. The number of nitrogens with zero attached hydrogens (tertiary/aromatic N) is 1. The van der Waals surface area contributed by atoms with Crippen LogP contribution in [0.1, 0.15) is 45.2 Å². The molecule has 180 valence electrons. The van der Waals surface area contributed by atoms with E-state index in [1.54, 1.807) is 60.7 Å². The number of ether oxygens (including phenoxy) is 2. The van der Waals surface area contributed by atoms with Gasteiger partial charge < -0.3 is 14.8 Å². The number of hydrogen-bond acceptors (Lipinski definition) is 6. The van der Waals surface area contributed by atoms with E-state index in [-0.39, 0.29) is 12.5 Å². The summed E-state index contributed by atoms with van der Waals surface area (Å²) in [7, 11) is 0. The van der Waals surface area contributed by atoms with Crippen LogP contribution in [0.25, 0.3) is 0 Å². The van der Waals surface area contributed by atoms with Gasteiger partial charge in [0.2, 0.25) is 0 Å². The Balaban J connectivity index is 1.44. The predicted molar refractivity (Wildman–Crippen MR) is 133 cm³/mol. The van der Waals surface area contributed by atoms with Crippen LogP contribution in [0.4, 0.5) is 0 Å². The Bertz CT molecular complexity index is 1190. The zero-order valence-corrected chi connectivity index (χ0v) is 19.6. The third kappa shape index (κ3) is 7.82. The molecule has 0 aliphatic carbocycles. The molecule has 2 N–H and O–H groups in total. The van der Waals surface area contributed by atoms with Crippen molar-refractivity contribution in [2.24, 2.45) is 5.10 Å². The molecule has 0 heterocycles. The largest absolute Gasteiger partial charge is 0.494 e. The number of carbonyl (C=O) groups excluding carboxylic acids is 3. The number of nitrogens with one attached hydrogen (secondary N) is 2. The highest BCUT2D eigenvalue weighted by Gasteiger charge is 2.10. The minimum absolute atomic E-state index is 0.203. The average molecular weight is 474 g/mol. The summed E-state index contributed by atoms with van der Waals surface area (Å²) in [6, 6.07) is 20.5. The summed E-state index contributed by atoms with van der Waals surface area (Å²) >= 11 is 0. The lowest BCUT2D eigenvalue weighted by Gasteiger charge is -2.07. The summed E-state index contributed by atoms with van der Waals surface area (Å²) in [4.78, 5) is 36.4. The van der Waals surface area contributed by atoms with Gasteiger partial charge in [0.1, 0.15) is 11.5 Å². The van der Waals surface area contributed by atoms with Gasteiger partial charge in [-0.25, -0.2) is 10.2 Å². The lowest BCUT2D eigenvalue weighted by Crippen LogP contribution is -2.35. The Morgan fingerprint density at radius 3 is 2.29 bits per heavy atom. The number of amides is 2. The number of hydrazone groups is 1. The highest BCUT2D eigenvalue weighted by Crippen LogP contribution is 2.16. The molecule has 0 spiro atoms. The van der Waals surface area contributed by atoms with Gasteiger partial charge in [-0.15, -0.1) is 0 Å². The standard InChI is InChI=1S/C27H27N3O5/c1-3-16-34-22-14-10-21(11-15-22)27(33)35-23-12-8-20(9-13-23)17-29-30-25(31)18-28-26(32)24-7-5-4-6-19(24)2/h4-15,17H,3,16,18H2,1-2H3,(H,28,32)(H,30,31)/b29-17+. The normalized spacial score (nSPS) is 10.6. The number of aryl methyl sites for hydroxylation is 1. The summed E-state index contributed by atoms with van der Waals surface area (Å²) in [6.07, 6.45) is 2.35. The van der Waals surface area contributed by atoms with Gasteiger partial charge in [-0.1, -0.05) is 25.1 Å². The van der Waals surface area contributed by atoms with Gasteiger partial charge >= 0.3 is 5.97 Å². The molecular formula is C27H27N3O5. The van der Waals surface area contributed by atoms with E-state index in [1.165, 1.54) is 6.21 Å². The molecule has 0 fully saturated rings. The molecule has 0 bridgehead atoms. The molecule has 8 nitrogen and oxygen atoms in total. The highest BCUT2D eigenvalue weighted by molar-refractivity contribution is 5.97. The first-order valence-corrected chi connectivity index (χ1v) is 11.2. The van der Waals surface area contributed by atoms with Crippen molar-refractivity contribution < 1.29 is 23.9 Å². The Labute approximate surface area is 204 Å². The van der Waals surface area contributed by atoms with Gasteiger partial charge in [-0.2, -0.15) is 5.10 Å². The van der Waals surface area contributed by atoms with Crippen LogP contribution in [-0.4, -0.2) is 37.1 Å². The minimum Gasteiger partial charge on any atom is -0.494 e. The van der Waals surface area contributed by atoms with E-state index in [9.17, 15) is 14.4 Å². The van der Waals surface area contributed by atoms with Crippen LogP contribution in [0.3, 0.4) is 0 Å². The maximum absolute atomic E-state index is 12.3. The van der Waals surface area contributed by atoms with Crippen molar-refractivity contribution in [2.75, 3.05) is 13.2 Å². The molecule has 0 aromatic heterocycles. The first-order chi connectivity index (χ1) is 17.0. The molecule has 0 saturated carbocycles. The molecule has 0 atom stereocenters. The van der Waals surface area contributed by atoms with Crippen LogP contribution in [0.2, 0.25) is 0 Å². The summed E-state index contributed by atoms with van der Waals surface area (Å²) in [5.41, 5.74) is 4.80. The summed E-state index contributed by atoms with van der Waals surface area (Å²) in [5.74, 6) is -0.185. The maximum Gasteiger partial charge on any atom is 0.343 e. The summed E-state index contributed by atoms with van der Waals surface area (Å²) in [5, 5.41) is 6.44. The van der Waals surface area contributed by atoms with Crippen molar-refractivity contribution in [3.63, 3.8) is 0 Å². The third-order valence-corrected chi connectivity index (χ3v) is 4.86. The second-order valence-corrected chi connectivity index (χ2v) is 7.62. The highest BCUT2D eigenvalue weighted by atomic mass is 16.5. The number of benzene rings is 3. The minimum atomic E-state index is -0.478.